The number of hydrogen-bond donors (Lipinski definition) is 0. The van der Waals surface area contributed by atoms with Crippen LogP contribution < -0.4 is 0 Å². The van der Waals surface area contributed by atoms with Crippen molar-refractivity contribution in [3.05, 3.63) is 59.9 Å². The first-order valence-electron chi connectivity index (χ1n) is 10.1. The molecule has 3 rings (SSSR count). The molecule has 0 spiro atoms. The van der Waals surface area contributed by atoms with Crippen molar-refractivity contribution in [3.8, 4) is 0 Å². The van der Waals surface area contributed by atoms with E-state index in [9.17, 15) is 4.79 Å². The molecule has 1 fully saturated rings. The van der Waals surface area contributed by atoms with Crippen LogP contribution in [0.5, 0.6) is 0 Å². The molecule has 26 heavy (non-hydrogen) atoms. The van der Waals surface area contributed by atoms with E-state index in [-0.39, 0.29) is 5.92 Å². The first-order chi connectivity index (χ1) is 12.6. The standard InChI is InChI=1S/C23H32N2O/c1-19(2)16-25(23(26)21-12-7-4-8-13-21)18-22-14-9-15-24(22)17-20-10-5-3-6-11-20/h3,5-6,9-11,14-15,19,21H,4,7-8,12-13,16-18H2,1-2H3. The molecule has 1 saturated carbocycles. The fraction of sp³-hybridized carbons (Fsp3) is 0.522. The van der Waals surface area contributed by atoms with Crippen molar-refractivity contribution in [2.24, 2.45) is 11.8 Å². The van der Waals surface area contributed by atoms with Crippen LogP contribution in [0.15, 0.2) is 48.7 Å². The van der Waals surface area contributed by atoms with E-state index < -0.39 is 0 Å². The van der Waals surface area contributed by atoms with Crippen molar-refractivity contribution >= 4 is 5.91 Å². The van der Waals surface area contributed by atoms with Crippen LogP contribution in [0, 0.1) is 11.8 Å². The molecule has 1 aliphatic carbocycles. The summed E-state index contributed by atoms with van der Waals surface area (Å²) in [5, 5.41) is 0. The third kappa shape index (κ3) is 5.00. The monoisotopic (exact) mass is 352 g/mol. The van der Waals surface area contributed by atoms with Crippen molar-refractivity contribution in [1.82, 2.24) is 9.47 Å². The van der Waals surface area contributed by atoms with Crippen LogP contribution in [0.25, 0.3) is 0 Å². The maximum atomic E-state index is 13.1. The lowest BCUT2D eigenvalue weighted by Gasteiger charge is -2.31. The van der Waals surface area contributed by atoms with Gasteiger partial charge in [0.05, 0.1) is 6.54 Å². The highest BCUT2D eigenvalue weighted by atomic mass is 16.2. The maximum absolute atomic E-state index is 13.1. The number of aromatic nitrogens is 1. The molecule has 0 aliphatic heterocycles. The summed E-state index contributed by atoms with van der Waals surface area (Å²) < 4.78 is 2.27. The SMILES string of the molecule is CC(C)CN(Cc1cccn1Cc1ccccc1)C(=O)C1CCCCC1. The molecule has 3 heteroatoms. The van der Waals surface area contributed by atoms with Gasteiger partial charge in [-0.3, -0.25) is 4.79 Å². The summed E-state index contributed by atoms with van der Waals surface area (Å²) in [5.74, 6) is 1.09. The lowest BCUT2D eigenvalue weighted by atomic mass is 9.88. The number of rotatable bonds is 7. The molecule has 140 valence electrons. The number of amides is 1. The zero-order chi connectivity index (χ0) is 18.4. The highest BCUT2D eigenvalue weighted by molar-refractivity contribution is 5.78. The van der Waals surface area contributed by atoms with Gasteiger partial charge in [-0.25, -0.2) is 0 Å². The lowest BCUT2D eigenvalue weighted by molar-refractivity contribution is -0.137. The predicted octanol–water partition coefficient (Wildman–Crippen LogP) is 5.10. The van der Waals surface area contributed by atoms with Crippen molar-refractivity contribution in [1.29, 1.82) is 0 Å². The fourth-order valence-corrected chi connectivity index (χ4v) is 4.00. The van der Waals surface area contributed by atoms with E-state index >= 15 is 0 Å². The van der Waals surface area contributed by atoms with Gasteiger partial charge in [-0.2, -0.15) is 0 Å². The normalized spacial score (nSPS) is 15.3. The van der Waals surface area contributed by atoms with Crippen LogP contribution in [-0.2, 0) is 17.9 Å². The van der Waals surface area contributed by atoms with E-state index in [1.807, 2.05) is 6.07 Å². The van der Waals surface area contributed by atoms with Gasteiger partial charge in [0, 0.05) is 30.9 Å². The molecule has 2 aromatic rings. The fourth-order valence-electron chi connectivity index (χ4n) is 4.00. The molecule has 1 heterocycles. The Morgan fingerprint density at radius 1 is 1.08 bits per heavy atom. The smallest absolute Gasteiger partial charge is 0.226 e. The Hall–Kier alpha value is -2.03. The molecular formula is C23H32N2O. The summed E-state index contributed by atoms with van der Waals surface area (Å²) in [4.78, 5) is 15.3. The highest BCUT2D eigenvalue weighted by Crippen LogP contribution is 2.26. The van der Waals surface area contributed by atoms with Gasteiger partial charge in [0.25, 0.3) is 0 Å². The topological polar surface area (TPSA) is 25.2 Å². The molecule has 0 atom stereocenters. The average molecular weight is 353 g/mol. The van der Waals surface area contributed by atoms with Gasteiger partial charge < -0.3 is 9.47 Å². The quantitative estimate of drug-likeness (QED) is 0.680. The van der Waals surface area contributed by atoms with Crippen LogP contribution in [0.4, 0.5) is 0 Å². The Bertz CT molecular complexity index is 683. The maximum Gasteiger partial charge on any atom is 0.226 e. The van der Waals surface area contributed by atoms with Gasteiger partial charge in [0.15, 0.2) is 0 Å². The second-order valence-corrected chi connectivity index (χ2v) is 8.06. The zero-order valence-electron chi connectivity index (χ0n) is 16.2. The van der Waals surface area contributed by atoms with Crippen molar-refractivity contribution in [3.63, 3.8) is 0 Å². The number of nitrogens with zero attached hydrogens (tertiary/aromatic N) is 2. The summed E-state index contributed by atoms with van der Waals surface area (Å²) >= 11 is 0. The van der Waals surface area contributed by atoms with E-state index in [0.717, 1.165) is 25.9 Å². The summed E-state index contributed by atoms with van der Waals surface area (Å²) in [6.45, 7) is 6.81. The van der Waals surface area contributed by atoms with Gasteiger partial charge >= 0.3 is 0 Å². The van der Waals surface area contributed by atoms with Gasteiger partial charge in [0.1, 0.15) is 0 Å². The van der Waals surface area contributed by atoms with Gasteiger partial charge in [-0.05, 0) is 36.5 Å². The minimum Gasteiger partial charge on any atom is -0.345 e. The Morgan fingerprint density at radius 2 is 1.81 bits per heavy atom. The van der Waals surface area contributed by atoms with Crippen molar-refractivity contribution < 1.29 is 4.79 Å². The van der Waals surface area contributed by atoms with Crippen LogP contribution >= 0.6 is 0 Å². The molecule has 3 nitrogen and oxygen atoms in total. The van der Waals surface area contributed by atoms with E-state index in [1.165, 1.54) is 30.5 Å². The third-order valence-corrected chi connectivity index (χ3v) is 5.32. The largest absolute Gasteiger partial charge is 0.345 e. The first kappa shape index (κ1) is 18.8. The number of carbonyl (C=O) groups excluding carboxylic acids is 1. The van der Waals surface area contributed by atoms with Crippen molar-refractivity contribution in [2.75, 3.05) is 6.54 Å². The van der Waals surface area contributed by atoms with Crippen LogP contribution in [0.3, 0.4) is 0 Å². The van der Waals surface area contributed by atoms with Crippen LogP contribution in [0.1, 0.15) is 57.2 Å². The number of benzene rings is 1. The Labute approximate surface area is 158 Å². The van der Waals surface area contributed by atoms with Crippen LogP contribution in [0.2, 0.25) is 0 Å². The van der Waals surface area contributed by atoms with Gasteiger partial charge in [0.2, 0.25) is 5.91 Å². The molecule has 0 unspecified atom stereocenters. The highest BCUT2D eigenvalue weighted by Gasteiger charge is 2.27. The summed E-state index contributed by atoms with van der Waals surface area (Å²) in [6.07, 6.45) is 7.96. The molecule has 0 N–H and O–H groups in total. The molecule has 1 aliphatic rings. The molecule has 1 aromatic carbocycles. The summed E-state index contributed by atoms with van der Waals surface area (Å²) in [7, 11) is 0. The molecule has 0 radical (unpaired) electrons. The molecule has 0 bridgehead atoms. The van der Waals surface area contributed by atoms with Gasteiger partial charge in [-0.15, -0.1) is 0 Å². The third-order valence-electron chi connectivity index (χ3n) is 5.32. The van der Waals surface area contributed by atoms with E-state index in [0.29, 0.717) is 18.4 Å². The Morgan fingerprint density at radius 3 is 2.50 bits per heavy atom. The first-order valence-corrected chi connectivity index (χ1v) is 10.1. The van der Waals surface area contributed by atoms with E-state index in [4.69, 9.17) is 0 Å². The van der Waals surface area contributed by atoms with Crippen LogP contribution in [-0.4, -0.2) is 21.9 Å². The second-order valence-electron chi connectivity index (χ2n) is 8.06. The predicted molar refractivity (Wildman–Crippen MR) is 107 cm³/mol. The van der Waals surface area contributed by atoms with Gasteiger partial charge in [-0.1, -0.05) is 63.4 Å². The zero-order valence-corrected chi connectivity index (χ0v) is 16.2. The molecule has 1 amide bonds. The Balaban J connectivity index is 1.72. The number of carbonyl (C=O) groups is 1. The summed E-state index contributed by atoms with van der Waals surface area (Å²) in [6, 6.07) is 14.8. The minimum atomic E-state index is 0.236. The Kier molecular flexibility index (Phi) is 6.54. The second kappa shape index (κ2) is 9.07. The van der Waals surface area contributed by atoms with E-state index in [1.54, 1.807) is 0 Å². The molecule has 0 saturated heterocycles. The lowest BCUT2D eigenvalue weighted by Crippen LogP contribution is -2.39. The summed E-state index contributed by atoms with van der Waals surface area (Å²) in [5.41, 5.74) is 2.51. The van der Waals surface area contributed by atoms with E-state index in [2.05, 4.69) is 65.9 Å². The average Bonchev–Trinajstić information content (AvgIpc) is 3.08. The van der Waals surface area contributed by atoms with Crippen molar-refractivity contribution in [2.45, 2.75) is 59.0 Å². The molecule has 1 aromatic heterocycles. The minimum absolute atomic E-state index is 0.236. The molecular weight excluding hydrogens is 320 g/mol. The number of hydrogen-bond acceptors (Lipinski definition) is 1.